The van der Waals surface area contributed by atoms with E-state index in [1.165, 1.54) is 11.3 Å². The number of amides is 1. The van der Waals surface area contributed by atoms with Crippen molar-refractivity contribution < 1.29 is 17.9 Å². The summed E-state index contributed by atoms with van der Waals surface area (Å²) in [5, 5.41) is 0.288. The molecule has 0 spiro atoms. The van der Waals surface area contributed by atoms with Crippen LogP contribution in [0, 0.1) is 6.92 Å². The Hall–Kier alpha value is -2.91. The van der Waals surface area contributed by atoms with Crippen LogP contribution in [0.15, 0.2) is 47.4 Å². The summed E-state index contributed by atoms with van der Waals surface area (Å²) in [5.41, 5.74) is 3.10. The SMILES string of the molecule is Cc1sc(NS(=O)(=O)c2ccc(C(C)(C)C)cc2)nc1-c1ccc2c(c1)N(C)C(=O)CO2. The van der Waals surface area contributed by atoms with Crippen molar-refractivity contribution in [2.45, 2.75) is 38.0 Å². The minimum atomic E-state index is -3.77. The second-order valence-electron chi connectivity index (χ2n) is 8.73. The van der Waals surface area contributed by atoms with E-state index in [2.05, 4.69) is 30.5 Å². The largest absolute Gasteiger partial charge is 0.482 e. The maximum absolute atomic E-state index is 12.9. The number of nitrogens with one attached hydrogen (secondary N) is 1. The Morgan fingerprint density at radius 2 is 1.81 bits per heavy atom. The Morgan fingerprint density at radius 3 is 2.47 bits per heavy atom. The third-order valence-corrected chi connectivity index (χ3v) is 7.74. The lowest BCUT2D eigenvalue weighted by Crippen LogP contribution is -2.35. The van der Waals surface area contributed by atoms with Gasteiger partial charge in [0.1, 0.15) is 5.75 Å². The molecule has 7 nitrogen and oxygen atoms in total. The zero-order valence-corrected chi connectivity index (χ0v) is 20.2. The van der Waals surface area contributed by atoms with Crippen LogP contribution in [-0.4, -0.2) is 33.0 Å². The number of sulfonamides is 1. The van der Waals surface area contributed by atoms with Crippen LogP contribution in [0.5, 0.6) is 5.75 Å². The number of thiazole rings is 1. The fourth-order valence-electron chi connectivity index (χ4n) is 3.44. The van der Waals surface area contributed by atoms with Gasteiger partial charge in [0.05, 0.1) is 16.3 Å². The summed E-state index contributed by atoms with van der Waals surface area (Å²) in [6, 6.07) is 12.4. The molecule has 0 atom stereocenters. The topological polar surface area (TPSA) is 88.6 Å². The van der Waals surface area contributed by atoms with Crippen LogP contribution >= 0.6 is 11.3 Å². The lowest BCUT2D eigenvalue weighted by atomic mass is 9.87. The smallest absolute Gasteiger partial charge is 0.264 e. The van der Waals surface area contributed by atoms with Crippen molar-refractivity contribution in [2.24, 2.45) is 0 Å². The predicted molar refractivity (Wildman–Crippen MR) is 127 cm³/mol. The second-order valence-corrected chi connectivity index (χ2v) is 11.6. The molecule has 2 heterocycles. The first-order valence-electron chi connectivity index (χ1n) is 10.1. The summed E-state index contributed by atoms with van der Waals surface area (Å²) in [4.78, 5) is 19.1. The number of fused-ring (bicyclic) bond motifs is 1. The molecular formula is C23H25N3O4S2. The minimum Gasteiger partial charge on any atom is -0.482 e. The Balaban J connectivity index is 1.61. The molecule has 168 valence electrons. The highest BCUT2D eigenvalue weighted by Crippen LogP contribution is 2.38. The van der Waals surface area contributed by atoms with Crippen molar-refractivity contribution in [3.63, 3.8) is 0 Å². The van der Waals surface area contributed by atoms with Crippen LogP contribution < -0.4 is 14.4 Å². The molecular weight excluding hydrogens is 446 g/mol. The van der Waals surface area contributed by atoms with Gasteiger partial charge in [0.25, 0.3) is 15.9 Å². The molecule has 1 N–H and O–H groups in total. The van der Waals surface area contributed by atoms with Crippen LogP contribution in [0.2, 0.25) is 0 Å². The lowest BCUT2D eigenvalue weighted by molar-refractivity contribution is -0.120. The van der Waals surface area contributed by atoms with Crippen LogP contribution in [0.1, 0.15) is 31.2 Å². The molecule has 0 bridgehead atoms. The van der Waals surface area contributed by atoms with E-state index in [-0.39, 0.29) is 28.0 Å². The van der Waals surface area contributed by atoms with Crippen LogP contribution in [0.3, 0.4) is 0 Å². The number of hydrogen-bond donors (Lipinski definition) is 1. The molecule has 9 heteroatoms. The van der Waals surface area contributed by atoms with Crippen molar-refractivity contribution >= 4 is 38.1 Å². The number of rotatable bonds is 4. The van der Waals surface area contributed by atoms with E-state index in [1.807, 2.05) is 31.2 Å². The Kier molecular flexibility index (Phi) is 5.50. The van der Waals surface area contributed by atoms with E-state index < -0.39 is 10.0 Å². The molecule has 32 heavy (non-hydrogen) atoms. The molecule has 0 aliphatic carbocycles. The Bertz CT molecular complexity index is 1290. The second kappa shape index (κ2) is 7.90. The van der Waals surface area contributed by atoms with Gasteiger partial charge in [-0.25, -0.2) is 13.4 Å². The number of likely N-dealkylation sites (N-methyl/N-ethyl adjacent to an activating group) is 1. The van der Waals surface area contributed by atoms with E-state index in [0.29, 0.717) is 17.1 Å². The average molecular weight is 472 g/mol. The predicted octanol–water partition coefficient (Wildman–Crippen LogP) is 4.57. The number of hydrogen-bond acceptors (Lipinski definition) is 6. The number of aryl methyl sites for hydroxylation is 1. The van der Waals surface area contributed by atoms with E-state index in [9.17, 15) is 13.2 Å². The van der Waals surface area contributed by atoms with Crippen LogP contribution in [0.4, 0.5) is 10.8 Å². The van der Waals surface area contributed by atoms with Crippen molar-refractivity contribution in [2.75, 3.05) is 23.3 Å². The van der Waals surface area contributed by atoms with Crippen molar-refractivity contribution in [1.82, 2.24) is 4.98 Å². The van der Waals surface area contributed by atoms with Gasteiger partial charge in [0, 0.05) is 17.5 Å². The first kappa shape index (κ1) is 22.3. The van der Waals surface area contributed by atoms with E-state index >= 15 is 0 Å². The molecule has 0 unspecified atom stereocenters. The first-order chi connectivity index (χ1) is 15.0. The molecule has 0 fully saturated rings. The molecule has 0 radical (unpaired) electrons. The number of aromatic nitrogens is 1. The minimum absolute atomic E-state index is 0.0151. The number of ether oxygens (including phenoxy) is 1. The van der Waals surface area contributed by atoms with Crippen molar-refractivity contribution in [1.29, 1.82) is 0 Å². The van der Waals surface area contributed by atoms with Crippen molar-refractivity contribution in [3.05, 3.63) is 52.9 Å². The monoisotopic (exact) mass is 471 g/mol. The van der Waals surface area contributed by atoms with Gasteiger partial charge in [-0.2, -0.15) is 0 Å². The summed E-state index contributed by atoms with van der Waals surface area (Å²) < 4.78 is 33.8. The van der Waals surface area contributed by atoms with Gasteiger partial charge in [-0.3, -0.25) is 9.52 Å². The van der Waals surface area contributed by atoms with Crippen LogP contribution in [0.25, 0.3) is 11.3 Å². The summed E-state index contributed by atoms with van der Waals surface area (Å²) >= 11 is 1.26. The highest BCUT2D eigenvalue weighted by atomic mass is 32.2. The summed E-state index contributed by atoms with van der Waals surface area (Å²) in [5.74, 6) is 0.499. The third kappa shape index (κ3) is 4.22. The Morgan fingerprint density at radius 1 is 1.12 bits per heavy atom. The standard InChI is InChI=1S/C23H25N3O4S2/c1-14-21(15-6-11-19-18(12-15)26(5)20(27)13-30-19)24-22(31-14)25-32(28,29)17-9-7-16(8-10-17)23(2,3)4/h6-12H,13H2,1-5H3,(H,24,25). The number of benzene rings is 2. The molecule has 0 saturated heterocycles. The highest BCUT2D eigenvalue weighted by molar-refractivity contribution is 7.93. The van der Waals surface area contributed by atoms with E-state index in [4.69, 9.17) is 4.74 Å². The summed E-state index contributed by atoms with van der Waals surface area (Å²) in [7, 11) is -2.07. The third-order valence-electron chi connectivity index (χ3n) is 5.37. The molecule has 1 aromatic heterocycles. The molecule has 0 saturated carbocycles. The van der Waals surface area contributed by atoms with Crippen LogP contribution in [-0.2, 0) is 20.2 Å². The average Bonchev–Trinajstić information content (AvgIpc) is 3.09. The lowest BCUT2D eigenvalue weighted by Gasteiger charge is -2.26. The summed E-state index contributed by atoms with van der Waals surface area (Å²) in [6.07, 6.45) is 0. The maximum atomic E-state index is 12.9. The normalized spacial score (nSPS) is 14.2. The van der Waals surface area contributed by atoms with Gasteiger partial charge in [0.15, 0.2) is 11.7 Å². The molecule has 1 amide bonds. The number of anilines is 2. The first-order valence-corrected chi connectivity index (χ1v) is 12.4. The van der Waals surface area contributed by atoms with E-state index in [0.717, 1.165) is 16.0 Å². The van der Waals surface area contributed by atoms with Gasteiger partial charge in [-0.05, 0) is 48.2 Å². The van der Waals surface area contributed by atoms with Gasteiger partial charge < -0.3 is 9.64 Å². The molecule has 1 aliphatic heterocycles. The zero-order valence-electron chi connectivity index (χ0n) is 18.6. The molecule has 2 aromatic carbocycles. The summed E-state index contributed by atoms with van der Waals surface area (Å²) in [6.45, 7) is 8.13. The molecule has 4 rings (SSSR count). The number of carbonyl (C=O) groups excluding carboxylic acids is 1. The van der Waals surface area contributed by atoms with Gasteiger partial charge >= 0.3 is 0 Å². The van der Waals surface area contributed by atoms with Gasteiger partial charge in [0.2, 0.25) is 0 Å². The highest BCUT2D eigenvalue weighted by Gasteiger charge is 2.24. The van der Waals surface area contributed by atoms with Gasteiger partial charge in [-0.15, -0.1) is 11.3 Å². The van der Waals surface area contributed by atoms with Gasteiger partial charge in [-0.1, -0.05) is 32.9 Å². The Labute approximate surface area is 192 Å². The molecule has 1 aliphatic rings. The van der Waals surface area contributed by atoms with E-state index in [1.54, 1.807) is 30.1 Å². The zero-order chi connectivity index (χ0) is 23.3. The fraction of sp³-hybridized carbons (Fsp3) is 0.304. The fourth-order valence-corrected chi connectivity index (χ4v) is 5.51. The van der Waals surface area contributed by atoms with Crippen molar-refractivity contribution in [3.8, 4) is 17.0 Å². The quantitative estimate of drug-likeness (QED) is 0.602. The maximum Gasteiger partial charge on any atom is 0.264 e. The number of carbonyl (C=O) groups is 1. The molecule has 3 aromatic rings. The number of nitrogens with zero attached hydrogens (tertiary/aromatic N) is 2.